The first-order valence-electron chi connectivity index (χ1n) is 5.66. The van der Waals surface area contributed by atoms with Gasteiger partial charge in [0.15, 0.2) is 5.82 Å². The van der Waals surface area contributed by atoms with E-state index in [0.717, 1.165) is 30.0 Å². The number of rotatable bonds is 1. The van der Waals surface area contributed by atoms with Crippen molar-refractivity contribution < 1.29 is 0 Å². The Labute approximate surface area is 94.1 Å². The highest BCUT2D eigenvalue weighted by molar-refractivity contribution is 5.68. The van der Waals surface area contributed by atoms with Crippen LogP contribution in [0.1, 0.15) is 18.4 Å². The molecule has 1 aliphatic rings. The van der Waals surface area contributed by atoms with Crippen LogP contribution in [-0.2, 0) is 6.42 Å². The number of pyridine rings is 1. The molecular formula is C12H14N4. The van der Waals surface area contributed by atoms with Gasteiger partial charge in [-0.2, -0.15) is 5.10 Å². The summed E-state index contributed by atoms with van der Waals surface area (Å²) < 4.78 is 0. The first kappa shape index (κ1) is 9.39. The van der Waals surface area contributed by atoms with E-state index in [1.54, 1.807) is 6.20 Å². The Morgan fingerprint density at radius 2 is 2.25 bits per heavy atom. The summed E-state index contributed by atoms with van der Waals surface area (Å²) in [6.07, 6.45) is 7.17. The van der Waals surface area contributed by atoms with E-state index in [0.29, 0.717) is 0 Å². The minimum Gasteiger partial charge on any atom is -0.368 e. The van der Waals surface area contributed by atoms with Crippen LogP contribution in [0.4, 0.5) is 5.82 Å². The first-order valence-corrected chi connectivity index (χ1v) is 5.66. The number of H-pyrrole nitrogens is 1. The van der Waals surface area contributed by atoms with Crippen LogP contribution >= 0.6 is 0 Å². The lowest BCUT2D eigenvalue weighted by Gasteiger charge is -2.01. The standard InChI is InChI=1S/C12H14N4/c1-2-7-14-12-10(5-1)11(15-16-12)9-4-3-6-13-8-9/h3-4,6,8H,1-2,5,7H2,(H2,14,15,16). The third kappa shape index (κ3) is 1.56. The molecule has 0 radical (unpaired) electrons. The number of nitrogens with zero attached hydrogens (tertiary/aromatic N) is 2. The molecule has 0 fully saturated rings. The zero-order chi connectivity index (χ0) is 10.8. The summed E-state index contributed by atoms with van der Waals surface area (Å²) in [5.41, 5.74) is 3.52. The summed E-state index contributed by atoms with van der Waals surface area (Å²) in [4.78, 5) is 4.14. The highest BCUT2D eigenvalue weighted by Gasteiger charge is 2.16. The molecule has 3 heterocycles. The number of anilines is 1. The smallest absolute Gasteiger partial charge is 0.151 e. The van der Waals surface area contributed by atoms with Crippen LogP contribution in [0.15, 0.2) is 24.5 Å². The van der Waals surface area contributed by atoms with Gasteiger partial charge in [0, 0.05) is 30.1 Å². The third-order valence-electron chi connectivity index (χ3n) is 2.96. The van der Waals surface area contributed by atoms with Crippen molar-refractivity contribution in [2.24, 2.45) is 0 Å². The van der Waals surface area contributed by atoms with Crippen LogP contribution in [0.3, 0.4) is 0 Å². The van der Waals surface area contributed by atoms with Crippen molar-refractivity contribution >= 4 is 5.82 Å². The zero-order valence-electron chi connectivity index (χ0n) is 9.03. The summed E-state index contributed by atoms with van der Waals surface area (Å²) >= 11 is 0. The number of hydrogen-bond donors (Lipinski definition) is 2. The summed E-state index contributed by atoms with van der Waals surface area (Å²) in [7, 11) is 0. The average Bonchev–Trinajstić information content (AvgIpc) is 2.60. The van der Waals surface area contributed by atoms with Gasteiger partial charge in [0.25, 0.3) is 0 Å². The van der Waals surface area contributed by atoms with Crippen molar-refractivity contribution in [1.82, 2.24) is 15.2 Å². The maximum atomic E-state index is 4.33. The summed E-state index contributed by atoms with van der Waals surface area (Å²) in [6, 6.07) is 4.01. The molecule has 0 unspecified atom stereocenters. The van der Waals surface area contributed by atoms with Gasteiger partial charge >= 0.3 is 0 Å². The minimum atomic E-state index is 1.01. The maximum Gasteiger partial charge on any atom is 0.151 e. The van der Waals surface area contributed by atoms with Crippen LogP contribution in [0.5, 0.6) is 0 Å². The number of fused-ring (bicyclic) bond motifs is 1. The molecule has 16 heavy (non-hydrogen) atoms. The Hall–Kier alpha value is -1.84. The van der Waals surface area contributed by atoms with Crippen LogP contribution in [0.2, 0.25) is 0 Å². The van der Waals surface area contributed by atoms with Crippen molar-refractivity contribution in [3.8, 4) is 11.3 Å². The van der Waals surface area contributed by atoms with Crippen LogP contribution in [-0.4, -0.2) is 21.7 Å². The lowest BCUT2D eigenvalue weighted by Crippen LogP contribution is -1.99. The molecule has 0 saturated heterocycles. The van der Waals surface area contributed by atoms with E-state index in [9.17, 15) is 0 Å². The number of aromatic amines is 1. The van der Waals surface area contributed by atoms with Gasteiger partial charge in [0.1, 0.15) is 0 Å². The summed E-state index contributed by atoms with van der Waals surface area (Å²) in [6.45, 7) is 1.02. The highest BCUT2D eigenvalue weighted by Crippen LogP contribution is 2.29. The van der Waals surface area contributed by atoms with E-state index in [2.05, 4.69) is 26.6 Å². The van der Waals surface area contributed by atoms with E-state index in [1.807, 2.05) is 12.3 Å². The zero-order valence-corrected chi connectivity index (χ0v) is 9.03. The normalized spacial score (nSPS) is 15.0. The Balaban J connectivity index is 2.06. The van der Waals surface area contributed by atoms with E-state index >= 15 is 0 Å². The molecule has 4 nitrogen and oxygen atoms in total. The quantitative estimate of drug-likeness (QED) is 0.765. The molecule has 0 aromatic carbocycles. The van der Waals surface area contributed by atoms with E-state index in [4.69, 9.17) is 0 Å². The second-order valence-corrected chi connectivity index (χ2v) is 4.05. The molecule has 0 bridgehead atoms. The fraction of sp³-hybridized carbons (Fsp3) is 0.333. The Bertz CT molecular complexity index is 475. The van der Waals surface area contributed by atoms with Gasteiger partial charge in [-0.3, -0.25) is 10.1 Å². The van der Waals surface area contributed by atoms with E-state index in [1.165, 1.54) is 18.4 Å². The maximum absolute atomic E-state index is 4.33. The topological polar surface area (TPSA) is 53.6 Å². The minimum absolute atomic E-state index is 1.01. The molecule has 0 spiro atoms. The van der Waals surface area contributed by atoms with Crippen LogP contribution in [0.25, 0.3) is 11.3 Å². The summed E-state index contributed by atoms with van der Waals surface area (Å²) in [5, 5.41) is 10.8. The average molecular weight is 214 g/mol. The van der Waals surface area contributed by atoms with Gasteiger partial charge in [-0.05, 0) is 31.4 Å². The van der Waals surface area contributed by atoms with Gasteiger partial charge in [0.2, 0.25) is 0 Å². The molecule has 2 aromatic rings. The van der Waals surface area contributed by atoms with E-state index < -0.39 is 0 Å². The van der Waals surface area contributed by atoms with Crippen molar-refractivity contribution in [2.75, 3.05) is 11.9 Å². The van der Waals surface area contributed by atoms with Gasteiger partial charge in [-0.1, -0.05) is 0 Å². The van der Waals surface area contributed by atoms with Crippen LogP contribution in [0, 0.1) is 0 Å². The fourth-order valence-corrected chi connectivity index (χ4v) is 2.14. The molecular weight excluding hydrogens is 200 g/mol. The van der Waals surface area contributed by atoms with Crippen molar-refractivity contribution in [3.63, 3.8) is 0 Å². The van der Waals surface area contributed by atoms with Gasteiger partial charge in [-0.15, -0.1) is 0 Å². The SMILES string of the molecule is c1cncc(-c2[nH]nc3c2CCCCN3)c1. The molecule has 2 N–H and O–H groups in total. The van der Waals surface area contributed by atoms with Crippen molar-refractivity contribution in [1.29, 1.82) is 0 Å². The van der Waals surface area contributed by atoms with Crippen molar-refractivity contribution in [3.05, 3.63) is 30.1 Å². The predicted octanol–water partition coefficient (Wildman–Crippen LogP) is 2.22. The number of hydrogen-bond acceptors (Lipinski definition) is 3. The molecule has 0 amide bonds. The lowest BCUT2D eigenvalue weighted by atomic mass is 10.1. The second-order valence-electron chi connectivity index (χ2n) is 4.05. The molecule has 0 aliphatic carbocycles. The third-order valence-corrected chi connectivity index (χ3v) is 2.96. The Morgan fingerprint density at radius 1 is 1.25 bits per heavy atom. The molecule has 0 saturated carbocycles. The largest absolute Gasteiger partial charge is 0.368 e. The van der Waals surface area contributed by atoms with Crippen molar-refractivity contribution in [2.45, 2.75) is 19.3 Å². The highest BCUT2D eigenvalue weighted by atomic mass is 15.2. The van der Waals surface area contributed by atoms with Gasteiger partial charge < -0.3 is 5.32 Å². The predicted molar refractivity (Wildman–Crippen MR) is 63.2 cm³/mol. The molecule has 3 rings (SSSR count). The molecule has 4 heteroatoms. The number of aromatic nitrogens is 3. The van der Waals surface area contributed by atoms with Gasteiger partial charge in [-0.25, -0.2) is 0 Å². The van der Waals surface area contributed by atoms with Gasteiger partial charge in [0.05, 0.1) is 5.69 Å². The monoisotopic (exact) mass is 214 g/mol. The molecule has 82 valence electrons. The fourth-order valence-electron chi connectivity index (χ4n) is 2.14. The molecule has 1 aliphatic heterocycles. The Morgan fingerprint density at radius 3 is 3.12 bits per heavy atom. The Kier molecular flexibility index (Phi) is 2.33. The molecule has 0 atom stereocenters. The summed E-state index contributed by atoms with van der Waals surface area (Å²) in [5.74, 6) is 1.01. The number of nitrogens with one attached hydrogen (secondary N) is 2. The van der Waals surface area contributed by atoms with E-state index in [-0.39, 0.29) is 0 Å². The first-order chi connectivity index (χ1) is 7.95. The lowest BCUT2D eigenvalue weighted by molar-refractivity contribution is 0.783. The van der Waals surface area contributed by atoms with Crippen LogP contribution < -0.4 is 5.32 Å². The molecule has 2 aromatic heterocycles. The second kappa shape index (κ2) is 3.96.